The van der Waals surface area contributed by atoms with Gasteiger partial charge >= 0.3 is 0 Å². The Morgan fingerprint density at radius 1 is 1.00 bits per heavy atom. The van der Waals surface area contributed by atoms with E-state index in [2.05, 4.69) is 13.8 Å². The fourth-order valence-electron chi connectivity index (χ4n) is 4.39. The van der Waals surface area contributed by atoms with Crippen LogP contribution in [0.2, 0.25) is 0 Å². The van der Waals surface area contributed by atoms with Crippen LogP contribution < -0.4 is 0 Å². The number of hydrogen-bond acceptors (Lipinski definition) is 1. The van der Waals surface area contributed by atoms with Gasteiger partial charge in [0.25, 0.3) is 0 Å². The molecule has 0 aliphatic heterocycles. The molecule has 0 saturated heterocycles. The topological polar surface area (TPSA) is 9.23 Å². The zero-order chi connectivity index (χ0) is 18.7. The largest absolute Gasteiger partial charge is 0.373 e. The summed E-state index contributed by atoms with van der Waals surface area (Å²) < 4.78 is 47.0. The number of benzene rings is 1. The number of halogens is 3. The van der Waals surface area contributed by atoms with Gasteiger partial charge in [-0.1, -0.05) is 33.1 Å². The van der Waals surface area contributed by atoms with E-state index in [-0.39, 0.29) is 6.10 Å². The fourth-order valence-corrected chi connectivity index (χ4v) is 4.39. The summed E-state index contributed by atoms with van der Waals surface area (Å²) in [6, 6.07) is 2.54. The average Bonchev–Trinajstić information content (AvgIpc) is 3.44. The predicted octanol–water partition coefficient (Wildman–Crippen LogP) is 6.75. The molecule has 3 rings (SSSR count). The van der Waals surface area contributed by atoms with Gasteiger partial charge in [0.1, 0.15) is 18.3 Å². The van der Waals surface area contributed by atoms with Gasteiger partial charge in [0.05, 0.1) is 18.3 Å². The van der Waals surface area contributed by atoms with Gasteiger partial charge in [-0.15, -0.1) is 0 Å². The van der Waals surface area contributed by atoms with Gasteiger partial charge in [-0.25, -0.2) is 13.2 Å². The smallest absolute Gasteiger partial charge is 0.132 e. The van der Waals surface area contributed by atoms with E-state index in [9.17, 15) is 13.2 Å². The summed E-state index contributed by atoms with van der Waals surface area (Å²) in [5, 5.41) is 0. The Morgan fingerprint density at radius 2 is 1.58 bits per heavy atom. The summed E-state index contributed by atoms with van der Waals surface area (Å²) in [4.78, 5) is 0. The van der Waals surface area contributed by atoms with Crippen LogP contribution in [0.15, 0.2) is 12.1 Å². The van der Waals surface area contributed by atoms with Crippen LogP contribution in [-0.4, -0.2) is 6.61 Å². The van der Waals surface area contributed by atoms with E-state index in [0.717, 1.165) is 25.2 Å². The summed E-state index contributed by atoms with van der Waals surface area (Å²) >= 11 is 0. The number of alkyl halides is 1. The van der Waals surface area contributed by atoms with Crippen molar-refractivity contribution < 1.29 is 17.9 Å². The highest BCUT2D eigenvalue weighted by molar-refractivity contribution is 5.28. The molecule has 2 saturated carbocycles. The maximum atomic E-state index is 14.0. The molecule has 0 amide bonds. The molecule has 0 radical (unpaired) electrons. The molecule has 1 aromatic carbocycles. The van der Waals surface area contributed by atoms with Crippen LogP contribution in [0.1, 0.15) is 76.0 Å². The Morgan fingerprint density at radius 3 is 2.08 bits per heavy atom. The van der Waals surface area contributed by atoms with Gasteiger partial charge in [0, 0.05) is 0 Å². The summed E-state index contributed by atoms with van der Waals surface area (Å²) in [5.41, 5.74) is 0.0397. The van der Waals surface area contributed by atoms with E-state index in [1.54, 1.807) is 0 Å². The standard InChI is InChI=1S/C22H31F3O/c1-3-15(16-6-4-14(2)5-7-16)13-26-22(17-8-9-17)18-10-20(24)19(12-23)21(25)11-18/h10-11,14-17,22H,3-9,12-13H2,1-2H3. The molecule has 4 heteroatoms. The molecule has 2 unspecified atom stereocenters. The molecule has 2 aliphatic carbocycles. The molecule has 26 heavy (non-hydrogen) atoms. The van der Waals surface area contributed by atoms with Crippen LogP contribution in [0.5, 0.6) is 0 Å². The molecule has 1 aromatic rings. The van der Waals surface area contributed by atoms with E-state index in [0.29, 0.717) is 29.9 Å². The number of ether oxygens (including phenoxy) is 1. The molecule has 1 nitrogen and oxygen atoms in total. The van der Waals surface area contributed by atoms with Crippen LogP contribution in [0, 0.1) is 35.3 Å². The first kappa shape index (κ1) is 19.7. The molecule has 2 fully saturated rings. The van der Waals surface area contributed by atoms with Crippen LogP contribution in [-0.2, 0) is 11.4 Å². The highest BCUT2D eigenvalue weighted by Gasteiger charge is 2.35. The van der Waals surface area contributed by atoms with Gasteiger partial charge in [0.2, 0.25) is 0 Å². The van der Waals surface area contributed by atoms with Crippen LogP contribution in [0.4, 0.5) is 13.2 Å². The van der Waals surface area contributed by atoms with Crippen LogP contribution in [0.25, 0.3) is 0 Å². The minimum atomic E-state index is -1.12. The van der Waals surface area contributed by atoms with E-state index in [1.807, 2.05) is 0 Å². The third kappa shape index (κ3) is 4.62. The van der Waals surface area contributed by atoms with Gasteiger partial charge in [-0.3, -0.25) is 0 Å². The zero-order valence-electron chi connectivity index (χ0n) is 15.9. The van der Waals surface area contributed by atoms with Crippen molar-refractivity contribution in [2.45, 2.75) is 71.6 Å². The van der Waals surface area contributed by atoms with E-state index < -0.39 is 23.9 Å². The zero-order valence-corrected chi connectivity index (χ0v) is 15.9. The van der Waals surface area contributed by atoms with Crippen molar-refractivity contribution in [3.8, 4) is 0 Å². The van der Waals surface area contributed by atoms with Crippen molar-refractivity contribution in [2.75, 3.05) is 6.61 Å². The first-order chi connectivity index (χ1) is 12.5. The molecule has 0 aromatic heterocycles. The molecule has 0 N–H and O–H groups in total. The van der Waals surface area contributed by atoms with E-state index in [1.165, 1.54) is 37.8 Å². The minimum absolute atomic E-state index is 0.274. The van der Waals surface area contributed by atoms with Crippen LogP contribution >= 0.6 is 0 Å². The molecular weight excluding hydrogens is 337 g/mol. The summed E-state index contributed by atoms with van der Waals surface area (Å²) in [5.74, 6) is 0.745. The van der Waals surface area contributed by atoms with Gasteiger partial charge < -0.3 is 4.74 Å². The molecule has 0 heterocycles. The lowest BCUT2D eigenvalue weighted by Gasteiger charge is -2.33. The highest BCUT2D eigenvalue weighted by Crippen LogP contribution is 2.45. The maximum Gasteiger partial charge on any atom is 0.132 e. The van der Waals surface area contributed by atoms with E-state index in [4.69, 9.17) is 4.74 Å². The monoisotopic (exact) mass is 368 g/mol. The predicted molar refractivity (Wildman–Crippen MR) is 97.5 cm³/mol. The summed E-state index contributed by atoms with van der Waals surface area (Å²) in [6.45, 7) is 4.05. The molecule has 2 atom stereocenters. The normalized spacial score (nSPS) is 25.9. The van der Waals surface area contributed by atoms with Crippen LogP contribution in [0.3, 0.4) is 0 Å². The third-order valence-corrected chi connectivity index (χ3v) is 6.42. The summed E-state index contributed by atoms with van der Waals surface area (Å²) in [6.07, 6.45) is 7.93. The SMILES string of the molecule is CCC(COC(c1cc(F)c(CF)c(F)c1)C1CC1)C1CCC(C)CC1. The lowest BCUT2D eigenvalue weighted by atomic mass is 9.76. The Hall–Kier alpha value is -1.03. The average molecular weight is 368 g/mol. The Kier molecular flexibility index (Phi) is 6.65. The maximum absolute atomic E-state index is 14.0. The van der Waals surface area contributed by atoms with Crippen molar-refractivity contribution in [1.29, 1.82) is 0 Å². The number of rotatable bonds is 8. The third-order valence-electron chi connectivity index (χ3n) is 6.42. The molecule has 0 spiro atoms. The second-order valence-corrected chi connectivity index (χ2v) is 8.38. The first-order valence-electron chi connectivity index (χ1n) is 10.2. The molecule has 146 valence electrons. The molecular formula is C22H31F3O. The lowest BCUT2D eigenvalue weighted by Crippen LogP contribution is -2.25. The van der Waals surface area contributed by atoms with Crippen molar-refractivity contribution in [1.82, 2.24) is 0 Å². The quantitative estimate of drug-likeness (QED) is 0.493. The second kappa shape index (κ2) is 8.77. The lowest BCUT2D eigenvalue weighted by molar-refractivity contribution is -0.00586. The number of hydrogen-bond donors (Lipinski definition) is 0. The Bertz CT molecular complexity index is 568. The van der Waals surface area contributed by atoms with Gasteiger partial charge in [0.15, 0.2) is 0 Å². The van der Waals surface area contributed by atoms with Gasteiger partial charge in [-0.2, -0.15) is 0 Å². The van der Waals surface area contributed by atoms with E-state index >= 15 is 0 Å². The van der Waals surface area contributed by atoms with Crippen molar-refractivity contribution >= 4 is 0 Å². The van der Waals surface area contributed by atoms with Crippen molar-refractivity contribution in [3.05, 3.63) is 34.9 Å². The van der Waals surface area contributed by atoms with Gasteiger partial charge in [-0.05, 0) is 67.1 Å². The molecule has 0 bridgehead atoms. The minimum Gasteiger partial charge on any atom is -0.373 e. The first-order valence-corrected chi connectivity index (χ1v) is 10.2. The Labute approximate surface area is 155 Å². The second-order valence-electron chi connectivity index (χ2n) is 8.38. The molecule has 2 aliphatic rings. The highest BCUT2D eigenvalue weighted by atomic mass is 19.1. The summed E-state index contributed by atoms with van der Waals surface area (Å²) in [7, 11) is 0. The van der Waals surface area contributed by atoms with Crippen molar-refractivity contribution in [3.63, 3.8) is 0 Å². The fraction of sp³-hybridized carbons (Fsp3) is 0.727. The van der Waals surface area contributed by atoms with Crippen molar-refractivity contribution in [2.24, 2.45) is 23.7 Å². The Balaban J connectivity index is 1.67.